The van der Waals surface area contributed by atoms with Crippen LogP contribution in [0.25, 0.3) is 11.8 Å². The van der Waals surface area contributed by atoms with Gasteiger partial charge in [-0.3, -0.25) is 19.5 Å². The van der Waals surface area contributed by atoms with E-state index >= 15 is 0 Å². The van der Waals surface area contributed by atoms with Crippen LogP contribution < -0.4 is 24.4 Å². The Hall–Kier alpha value is -5.03. The highest BCUT2D eigenvalue weighted by Crippen LogP contribution is 2.38. The third-order valence-corrected chi connectivity index (χ3v) is 7.48. The summed E-state index contributed by atoms with van der Waals surface area (Å²) < 4.78 is 18.2. The van der Waals surface area contributed by atoms with Crippen molar-refractivity contribution in [2.45, 2.75) is 13.0 Å². The van der Waals surface area contributed by atoms with Crippen molar-refractivity contribution in [3.05, 3.63) is 125 Å². The number of fused-ring (bicyclic) bond motifs is 1. The van der Waals surface area contributed by atoms with Gasteiger partial charge in [0.2, 0.25) is 0 Å². The molecule has 0 unspecified atom stereocenters. The first kappa shape index (κ1) is 27.5. The Balaban J connectivity index is 1.81. The smallest absolute Gasteiger partial charge is 0.338 e. The van der Waals surface area contributed by atoms with Crippen LogP contribution >= 0.6 is 11.3 Å². The molecule has 1 atom stereocenters. The van der Waals surface area contributed by atoms with Crippen molar-refractivity contribution >= 4 is 34.8 Å². The maximum atomic E-state index is 14.0. The Morgan fingerprint density at radius 2 is 1.76 bits per heavy atom. The summed E-state index contributed by atoms with van der Waals surface area (Å²) in [4.78, 5) is 43.3. The first-order valence-electron chi connectivity index (χ1n) is 12.6. The molecule has 10 nitrogen and oxygen atoms in total. The molecule has 5 rings (SSSR count). The second-order valence-corrected chi connectivity index (χ2v) is 9.90. The van der Waals surface area contributed by atoms with E-state index in [-0.39, 0.29) is 23.4 Å². The van der Waals surface area contributed by atoms with E-state index in [0.717, 1.165) is 11.3 Å². The third-order valence-electron chi connectivity index (χ3n) is 6.50. The van der Waals surface area contributed by atoms with E-state index in [9.17, 15) is 19.7 Å². The lowest BCUT2D eigenvalue weighted by Gasteiger charge is -2.26. The van der Waals surface area contributed by atoms with E-state index in [0.29, 0.717) is 43.2 Å². The number of carbonyl (C=O) groups excluding carboxylic acids is 1. The summed E-state index contributed by atoms with van der Waals surface area (Å²) in [6, 6.07) is 19.5. The molecule has 4 aromatic rings. The number of carbonyl (C=O) groups is 1. The van der Waals surface area contributed by atoms with Crippen LogP contribution in [-0.4, -0.2) is 36.3 Å². The maximum absolute atomic E-state index is 14.0. The number of methoxy groups -OCH3 is 2. The average Bonchev–Trinajstić information content (AvgIpc) is 3.30. The lowest BCUT2D eigenvalue weighted by atomic mass is 9.93. The number of benzene rings is 3. The Morgan fingerprint density at radius 3 is 2.39 bits per heavy atom. The number of nitro benzene ring substituents is 1. The highest BCUT2D eigenvalue weighted by Gasteiger charge is 2.35. The van der Waals surface area contributed by atoms with E-state index in [4.69, 9.17) is 19.2 Å². The SMILES string of the molecule is CCOC(=O)C1=C(c2ccccc2)N=c2s/c(=C\c3ccc([N+](=O)[O-])cc3)c(=O)n2[C@@H]1c1ccc(OC)c(OC)c1. The molecule has 208 valence electrons. The van der Waals surface area contributed by atoms with Gasteiger partial charge in [0.25, 0.3) is 11.2 Å². The van der Waals surface area contributed by atoms with E-state index in [2.05, 4.69) is 0 Å². The number of hydrogen-bond donors (Lipinski definition) is 0. The fourth-order valence-corrected chi connectivity index (χ4v) is 5.62. The van der Waals surface area contributed by atoms with Gasteiger partial charge < -0.3 is 14.2 Å². The Morgan fingerprint density at radius 1 is 1.05 bits per heavy atom. The maximum Gasteiger partial charge on any atom is 0.338 e. The van der Waals surface area contributed by atoms with Gasteiger partial charge in [-0.2, -0.15) is 0 Å². The molecule has 3 aromatic carbocycles. The van der Waals surface area contributed by atoms with E-state index < -0.39 is 16.9 Å². The van der Waals surface area contributed by atoms with Gasteiger partial charge in [-0.1, -0.05) is 47.7 Å². The predicted octanol–water partition coefficient (Wildman–Crippen LogP) is 3.86. The normalized spacial score (nSPS) is 14.7. The second-order valence-electron chi connectivity index (χ2n) is 8.89. The monoisotopic (exact) mass is 571 g/mol. The number of nitrogens with zero attached hydrogens (tertiary/aromatic N) is 3. The highest BCUT2D eigenvalue weighted by molar-refractivity contribution is 7.07. The zero-order chi connectivity index (χ0) is 29.1. The number of esters is 1. The summed E-state index contributed by atoms with van der Waals surface area (Å²) in [6.07, 6.45) is 1.65. The van der Waals surface area contributed by atoms with Crippen LogP contribution in [0.2, 0.25) is 0 Å². The van der Waals surface area contributed by atoms with Crippen molar-refractivity contribution < 1.29 is 23.9 Å². The van der Waals surface area contributed by atoms with Crippen LogP contribution in [0.4, 0.5) is 5.69 Å². The largest absolute Gasteiger partial charge is 0.493 e. The molecule has 1 aliphatic rings. The van der Waals surface area contributed by atoms with Gasteiger partial charge in [0.05, 0.1) is 47.6 Å². The molecule has 41 heavy (non-hydrogen) atoms. The van der Waals surface area contributed by atoms with Crippen LogP contribution in [0.3, 0.4) is 0 Å². The number of aromatic nitrogens is 1. The number of nitro groups is 1. The summed E-state index contributed by atoms with van der Waals surface area (Å²) in [5.41, 5.74) is 2.07. The lowest BCUT2D eigenvalue weighted by Crippen LogP contribution is -2.40. The standard InChI is InChI=1S/C30H25N3O7S/c1-4-40-29(35)25-26(19-8-6-5-7-9-19)31-30-32(27(25)20-12-15-22(38-2)23(17-20)39-3)28(34)24(41-30)16-18-10-13-21(14-11-18)33(36)37/h5-17,27H,4H2,1-3H3/b24-16-/t27-/m1/s1. The van der Waals surface area contributed by atoms with Gasteiger partial charge in [0.15, 0.2) is 16.3 Å². The minimum absolute atomic E-state index is 0.0522. The molecule has 0 N–H and O–H groups in total. The molecular weight excluding hydrogens is 546 g/mol. The molecule has 1 aliphatic heterocycles. The number of ether oxygens (including phenoxy) is 3. The number of non-ortho nitro benzene ring substituents is 1. The van der Waals surface area contributed by atoms with E-state index in [1.54, 1.807) is 43.3 Å². The van der Waals surface area contributed by atoms with Gasteiger partial charge in [0.1, 0.15) is 0 Å². The van der Waals surface area contributed by atoms with Crippen LogP contribution in [0.15, 0.2) is 88.2 Å². The van der Waals surface area contributed by atoms with E-state index in [1.807, 2.05) is 30.3 Å². The summed E-state index contributed by atoms with van der Waals surface area (Å²) in [6.45, 7) is 1.85. The number of thiazole rings is 1. The number of rotatable bonds is 8. The van der Waals surface area contributed by atoms with Crippen molar-refractivity contribution in [3.8, 4) is 11.5 Å². The Bertz CT molecular complexity index is 1840. The van der Waals surface area contributed by atoms with Gasteiger partial charge in [-0.25, -0.2) is 9.79 Å². The third kappa shape index (κ3) is 5.27. The molecule has 11 heteroatoms. The molecule has 1 aromatic heterocycles. The quantitative estimate of drug-likeness (QED) is 0.179. The van der Waals surface area contributed by atoms with Crippen molar-refractivity contribution in [2.75, 3.05) is 20.8 Å². The minimum Gasteiger partial charge on any atom is -0.493 e. The van der Waals surface area contributed by atoms with Crippen molar-refractivity contribution in [1.29, 1.82) is 0 Å². The highest BCUT2D eigenvalue weighted by atomic mass is 32.1. The summed E-state index contributed by atoms with van der Waals surface area (Å²) in [5.74, 6) is 0.325. The predicted molar refractivity (Wildman–Crippen MR) is 154 cm³/mol. The van der Waals surface area contributed by atoms with Crippen molar-refractivity contribution in [3.63, 3.8) is 0 Å². The van der Waals surface area contributed by atoms with Crippen LogP contribution in [0, 0.1) is 10.1 Å². The Kier molecular flexibility index (Phi) is 7.79. The zero-order valence-electron chi connectivity index (χ0n) is 22.4. The van der Waals surface area contributed by atoms with E-state index in [1.165, 1.54) is 30.9 Å². The lowest BCUT2D eigenvalue weighted by molar-refractivity contribution is -0.384. The molecule has 0 fully saturated rings. The molecule has 0 amide bonds. The van der Waals surface area contributed by atoms with Gasteiger partial charge in [-0.05, 0) is 48.4 Å². The minimum atomic E-state index is -0.890. The van der Waals surface area contributed by atoms with Crippen molar-refractivity contribution in [2.24, 2.45) is 4.99 Å². The molecule has 0 aliphatic carbocycles. The topological polar surface area (TPSA) is 122 Å². The fourth-order valence-electron chi connectivity index (χ4n) is 4.62. The zero-order valence-corrected chi connectivity index (χ0v) is 23.2. The van der Waals surface area contributed by atoms with Crippen LogP contribution in [0.1, 0.15) is 29.7 Å². The van der Waals surface area contributed by atoms with Crippen LogP contribution in [0.5, 0.6) is 11.5 Å². The Labute approximate surface area is 238 Å². The first-order valence-corrected chi connectivity index (χ1v) is 13.4. The molecular formula is C30H25N3O7S. The van der Waals surface area contributed by atoms with Gasteiger partial charge >= 0.3 is 5.97 Å². The van der Waals surface area contributed by atoms with Crippen LogP contribution in [-0.2, 0) is 9.53 Å². The molecule has 0 radical (unpaired) electrons. The molecule has 2 heterocycles. The molecule has 0 saturated carbocycles. The summed E-state index contributed by atoms with van der Waals surface area (Å²) >= 11 is 1.16. The fraction of sp³-hybridized carbons (Fsp3) is 0.167. The van der Waals surface area contributed by atoms with Gasteiger partial charge in [-0.15, -0.1) is 0 Å². The average molecular weight is 572 g/mol. The first-order chi connectivity index (χ1) is 19.9. The second kappa shape index (κ2) is 11.6. The summed E-state index contributed by atoms with van der Waals surface area (Å²) in [5, 5.41) is 11.1. The number of hydrogen-bond acceptors (Lipinski definition) is 9. The summed E-state index contributed by atoms with van der Waals surface area (Å²) in [7, 11) is 3.03. The van der Waals surface area contributed by atoms with Crippen molar-refractivity contribution in [1.82, 2.24) is 4.57 Å². The molecule has 0 bridgehead atoms. The molecule has 0 saturated heterocycles. The van der Waals surface area contributed by atoms with Gasteiger partial charge in [0, 0.05) is 17.7 Å². The molecule has 0 spiro atoms.